The van der Waals surface area contributed by atoms with E-state index in [1.54, 1.807) is 11.8 Å². The predicted octanol–water partition coefficient (Wildman–Crippen LogP) is 2.16. The molecule has 1 aromatic carbocycles. The second kappa shape index (κ2) is 7.57. The van der Waals surface area contributed by atoms with Crippen LogP contribution >= 0.6 is 11.8 Å². The maximum Gasteiger partial charge on any atom is 0.189 e. The molecule has 3 rings (SSSR count). The van der Waals surface area contributed by atoms with Crippen molar-refractivity contribution < 1.29 is 4.90 Å². The van der Waals surface area contributed by atoms with E-state index in [0.29, 0.717) is 0 Å². The maximum atomic E-state index is 10.0. The molecule has 0 spiro atoms. The van der Waals surface area contributed by atoms with Crippen LogP contribution in [0.25, 0.3) is 0 Å². The molecule has 27 heavy (non-hydrogen) atoms. The molecule has 2 N–H and O–H groups in total. The van der Waals surface area contributed by atoms with E-state index in [-0.39, 0.29) is 11.6 Å². The Morgan fingerprint density at radius 1 is 1.22 bits per heavy atom. The molecule has 0 saturated heterocycles. The molecule has 6 heteroatoms. The van der Waals surface area contributed by atoms with Gasteiger partial charge < -0.3 is 10.3 Å². The van der Waals surface area contributed by atoms with Crippen molar-refractivity contribution in [2.45, 2.75) is 17.7 Å². The molecule has 2 aliphatic rings. The van der Waals surface area contributed by atoms with Crippen molar-refractivity contribution >= 4 is 17.5 Å². The normalized spacial score (nSPS) is 28.9. The second-order valence-corrected chi connectivity index (χ2v) is 7.96. The van der Waals surface area contributed by atoms with Crippen LogP contribution in [0.15, 0.2) is 40.8 Å². The van der Waals surface area contributed by atoms with E-state index in [1.165, 1.54) is 4.90 Å². The summed E-state index contributed by atoms with van der Waals surface area (Å²) in [6.45, 7) is 4.65. The van der Waals surface area contributed by atoms with Gasteiger partial charge in [-0.15, -0.1) is 11.8 Å². The van der Waals surface area contributed by atoms with Crippen LogP contribution in [-0.2, 0) is 0 Å². The van der Waals surface area contributed by atoms with Crippen LogP contribution in [0.1, 0.15) is 18.4 Å². The summed E-state index contributed by atoms with van der Waals surface area (Å²) in [6, 6.07) is 14.4. The summed E-state index contributed by atoms with van der Waals surface area (Å²) in [5.74, 6) is -1.31. The number of nitrogens with zero attached hydrogens (tertiary/aromatic N) is 3. The molecule has 1 saturated carbocycles. The zero-order chi connectivity index (χ0) is 19.6. The number of fused-ring (bicyclic) bond motifs is 1. The lowest BCUT2D eigenvalue weighted by Crippen LogP contribution is -3.13. The molecule has 0 radical (unpaired) electrons. The molecule has 1 aliphatic carbocycles. The van der Waals surface area contributed by atoms with Gasteiger partial charge in [0.2, 0.25) is 0 Å². The van der Waals surface area contributed by atoms with Crippen LogP contribution in [0.5, 0.6) is 0 Å². The van der Waals surface area contributed by atoms with E-state index in [0.717, 1.165) is 35.7 Å². The van der Waals surface area contributed by atoms with E-state index in [1.807, 2.05) is 30.5 Å². The third kappa shape index (κ3) is 2.94. The van der Waals surface area contributed by atoms with E-state index < -0.39 is 17.3 Å². The Morgan fingerprint density at radius 2 is 1.89 bits per heavy atom. The molecule has 1 heterocycles. The van der Waals surface area contributed by atoms with Crippen molar-refractivity contribution in [3.05, 3.63) is 41.5 Å². The third-order valence-corrected chi connectivity index (χ3v) is 6.68. The van der Waals surface area contributed by atoms with Gasteiger partial charge in [-0.3, -0.25) is 0 Å². The number of quaternary nitrogens is 1. The first-order valence-corrected chi connectivity index (χ1v) is 10.3. The SMILES string of the molecule is CC[NH+]1CC=C2C(C#N)C(=N)C(C#N)(C#N)[C@@H](c3ccc(SC)cc3)[C@@H]2C1. The van der Waals surface area contributed by atoms with Crippen LogP contribution < -0.4 is 4.90 Å². The van der Waals surface area contributed by atoms with Gasteiger partial charge in [0.05, 0.1) is 43.6 Å². The maximum absolute atomic E-state index is 10.0. The van der Waals surface area contributed by atoms with Crippen molar-refractivity contribution in [3.63, 3.8) is 0 Å². The molecular weight excluding hydrogens is 354 g/mol. The molecule has 1 aromatic rings. The van der Waals surface area contributed by atoms with Crippen molar-refractivity contribution in [1.82, 2.24) is 0 Å². The van der Waals surface area contributed by atoms with Crippen LogP contribution in [0, 0.1) is 56.7 Å². The highest BCUT2D eigenvalue weighted by Crippen LogP contribution is 2.52. The topological polar surface area (TPSA) is 99.7 Å². The second-order valence-electron chi connectivity index (χ2n) is 7.08. The Morgan fingerprint density at radius 3 is 2.41 bits per heavy atom. The number of thioether (sulfide) groups is 1. The fourth-order valence-electron chi connectivity index (χ4n) is 4.44. The summed E-state index contributed by atoms with van der Waals surface area (Å²) in [7, 11) is 0. The zero-order valence-corrected chi connectivity index (χ0v) is 16.3. The van der Waals surface area contributed by atoms with Gasteiger partial charge in [-0.1, -0.05) is 12.1 Å². The summed E-state index contributed by atoms with van der Waals surface area (Å²) in [5.41, 5.74) is 0.126. The summed E-state index contributed by atoms with van der Waals surface area (Å²) in [4.78, 5) is 2.48. The number of nitriles is 3. The van der Waals surface area contributed by atoms with Crippen LogP contribution in [0.2, 0.25) is 0 Å². The summed E-state index contributed by atoms with van der Waals surface area (Å²) >= 11 is 1.64. The van der Waals surface area contributed by atoms with Gasteiger partial charge in [0.1, 0.15) is 5.92 Å². The first kappa shape index (κ1) is 19.2. The van der Waals surface area contributed by atoms with Crippen molar-refractivity contribution in [2.24, 2.45) is 17.3 Å². The summed E-state index contributed by atoms with van der Waals surface area (Å²) in [5, 5.41) is 38.4. The number of hydrogen-bond acceptors (Lipinski definition) is 5. The van der Waals surface area contributed by atoms with Gasteiger partial charge in [-0.25, -0.2) is 0 Å². The average molecular weight is 377 g/mol. The molecule has 0 aromatic heterocycles. The molecule has 5 nitrogen and oxygen atoms in total. The first-order chi connectivity index (χ1) is 13.1. The van der Waals surface area contributed by atoms with Crippen LogP contribution in [0.3, 0.4) is 0 Å². The van der Waals surface area contributed by atoms with E-state index >= 15 is 0 Å². The van der Waals surface area contributed by atoms with E-state index in [4.69, 9.17) is 5.41 Å². The highest BCUT2D eigenvalue weighted by Gasteiger charge is 2.58. The van der Waals surface area contributed by atoms with Gasteiger partial charge in [0.25, 0.3) is 0 Å². The minimum atomic E-state index is -1.61. The van der Waals surface area contributed by atoms with Gasteiger partial charge in [-0.2, -0.15) is 15.8 Å². The number of likely N-dealkylation sites (N-methyl/N-ethyl adjacent to an activating group) is 1. The van der Waals surface area contributed by atoms with Crippen LogP contribution in [-0.4, -0.2) is 31.6 Å². The highest BCUT2D eigenvalue weighted by molar-refractivity contribution is 7.98. The van der Waals surface area contributed by atoms with E-state index in [9.17, 15) is 15.8 Å². The first-order valence-electron chi connectivity index (χ1n) is 9.04. The van der Waals surface area contributed by atoms with Crippen molar-refractivity contribution in [3.8, 4) is 18.2 Å². The summed E-state index contributed by atoms with van der Waals surface area (Å²) in [6.07, 6.45) is 4.07. The lowest BCUT2D eigenvalue weighted by Gasteiger charge is -2.46. The molecule has 0 amide bonds. The number of hydrogen-bond donors (Lipinski definition) is 2. The fourth-order valence-corrected chi connectivity index (χ4v) is 4.85. The Kier molecular flexibility index (Phi) is 5.38. The summed E-state index contributed by atoms with van der Waals surface area (Å²) < 4.78 is 0. The standard InChI is InChI=1S/C21H21N5S/c1-3-26-9-8-16-17(10-22)20(25)21(12-23,13-24)19(18(16)11-26)14-4-6-15(27-2)7-5-14/h4-8,17-19,25H,3,9,11H2,1-2H3/p+1/t17?,18-,19+/m1/s1. The van der Waals surface area contributed by atoms with Gasteiger partial charge in [0, 0.05) is 16.7 Å². The average Bonchev–Trinajstić information content (AvgIpc) is 2.73. The van der Waals surface area contributed by atoms with Crippen molar-refractivity contribution in [2.75, 3.05) is 25.9 Å². The largest absolute Gasteiger partial charge is 0.331 e. The third-order valence-electron chi connectivity index (χ3n) is 5.94. The zero-order valence-electron chi connectivity index (χ0n) is 15.5. The molecular formula is C21H22N5S+. The lowest BCUT2D eigenvalue weighted by molar-refractivity contribution is -0.897. The molecule has 4 atom stereocenters. The number of nitrogens with one attached hydrogen (secondary N) is 2. The van der Waals surface area contributed by atoms with Crippen molar-refractivity contribution in [1.29, 1.82) is 21.2 Å². The predicted molar refractivity (Wildman–Crippen MR) is 104 cm³/mol. The van der Waals surface area contributed by atoms with E-state index in [2.05, 4.69) is 31.2 Å². The minimum Gasteiger partial charge on any atom is -0.331 e. The lowest BCUT2D eigenvalue weighted by atomic mass is 9.54. The molecule has 136 valence electrons. The Bertz CT molecular complexity index is 882. The van der Waals surface area contributed by atoms with Gasteiger partial charge in [0.15, 0.2) is 5.41 Å². The molecule has 0 bridgehead atoms. The Hall–Kier alpha value is -2.59. The quantitative estimate of drug-likeness (QED) is 0.624. The number of benzene rings is 1. The fraction of sp³-hybridized carbons (Fsp3) is 0.429. The minimum absolute atomic E-state index is 0.0728. The molecule has 1 fully saturated rings. The molecule has 1 aliphatic heterocycles. The van der Waals surface area contributed by atoms with Gasteiger partial charge >= 0.3 is 0 Å². The Labute approximate surface area is 164 Å². The van der Waals surface area contributed by atoms with Crippen LogP contribution in [0.4, 0.5) is 0 Å². The highest BCUT2D eigenvalue weighted by atomic mass is 32.2. The number of rotatable bonds is 3. The Balaban J connectivity index is 2.21. The smallest absolute Gasteiger partial charge is 0.189 e. The monoisotopic (exact) mass is 376 g/mol. The molecule has 2 unspecified atom stereocenters. The van der Waals surface area contributed by atoms with Gasteiger partial charge in [-0.05, 0) is 42.5 Å².